The number of carbonyl (C=O) groups excluding carboxylic acids is 2. The molecule has 1 N–H and O–H groups in total. The summed E-state index contributed by atoms with van der Waals surface area (Å²) in [5.74, 6) is 0.578. The fourth-order valence-corrected chi connectivity index (χ4v) is 3.39. The molecule has 0 aromatic heterocycles. The largest absolute Gasteiger partial charge is 0.396 e. The maximum Gasteiger partial charge on any atom is 0.245 e. The molecule has 2 aliphatic heterocycles. The van der Waals surface area contributed by atoms with E-state index in [9.17, 15) is 14.7 Å². The minimum atomic E-state index is -0.247. The Morgan fingerprint density at radius 3 is 2.43 bits per heavy atom. The van der Waals surface area contributed by atoms with E-state index in [2.05, 4.69) is 0 Å². The van der Waals surface area contributed by atoms with Gasteiger partial charge < -0.3 is 14.9 Å². The number of likely N-dealkylation sites (tertiary alicyclic amines) is 2. The van der Waals surface area contributed by atoms with Crippen LogP contribution >= 0.6 is 0 Å². The van der Waals surface area contributed by atoms with E-state index in [1.54, 1.807) is 0 Å². The fraction of sp³-hybridized carbons (Fsp3) is 0.875. The highest BCUT2D eigenvalue weighted by Crippen LogP contribution is 2.23. The van der Waals surface area contributed by atoms with E-state index in [1.807, 2.05) is 16.7 Å². The van der Waals surface area contributed by atoms with E-state index in [0.29, 0.717) is 12.3 Å². The molecule has 1 unspecified atom stereocenters. The lowest BCUT2D eigenvalue weighted by Gasteiger charge is -2.40. The molecule has 0 spiro atoms. The topological polar surface area (TPSA) is 60.9 Å². The lowest BCUT2D eigenvalue weighted by Crippen LogP contribution is -2.54. The van der Waals surface area contributed by atoms with Crippen molar-refractivity contribution >= 4 is 11.8 Å². The van der Waals surface area contributed by atoms with Crippen LogP contribution in [-0.2, 0) is 9.59 Å². The number of piperidine rings is 2. The van der Waals surface area contributed by atoms with Gasteiger partial charge in [0, 0.05) is 32.7 Å². The maximum absolute atomic E-state index is 12.7. The second-order valence-corrected chi connectivity index (χ2v) is 6.30. The SMILES string of the molecule is CCCC(=O)N1CCCCC1C(=O)N1CCC(CO)CC1. The average Bonchev–Trinajstić information content (AvgIpc) is 2.54. The number of hydrogen-bond donors (Lipinski definition) is 1. The van der Waals surface area contributed by atoms with Crippen LogP contribution in [0, 0.1) is 5.92 Å². The molecule has 0 bridgehead atoms. The predicted octanol–water partition coefficient (Wildman–Crippen LogP) is 1.40. The fourth-order valence-electron chi connectivity index (χ4n) is 3.39. The highest BCUT2D eigenvalue weighted by Gasteiger charge is 2.35. The van der Waals surface area contributed by atoms with Crippen LogP contribution in [0.2, 0.25) is 0 Å². The van der Waals surface area contributed by atoms with Crippen molar-refractivity contribution in [2.75, 3.05) is 26.2 Å². The molecular weight excluding hydrogens is 268 g/mol. The predicted molar refractivity (Wildman–Crippen MR) is 80.6 cm³/mol. The summed E-state index contributed by atoms with van der Waals surface area (Å²) in [4.78, 5) is 28.7. The van der Waals surface area contributed by atoms with Crippen molar-refractivity contribution in [2.45, 2.75) is 57.9 Å². The minimum absolute atomic E-state index is 0.121. The highest BCUT2D eigenvalue weighted by atomic mass is 16.3. The normalized spacial score (nSPS) is 24.2. The first-order valence-electron chi connectivity index (χ1n) is 8.36. The van der Waals surface area contributed by atoms with Crippen molar-refractivity contribution in [3.63, 3.8) is 0 Å². The van der Waals surface area contributed by atoms with Crippen molar-refractivity contribution in [1.29, 1.82) is 0 Å². The molecular formula is C16H28N2O3. The van der Waals surface area contributed by atoms with Crippen molar-refractivity contribution in [3.8, 4) is 0 Å². The van der Waals surface area contributed by atoms with Gasteiger partial charge in [0.05, 0.1) is 0 Å². The number of aliphatic hydroxyl groups is 1. The molecule has 0 aromatic carbocycles. The highest BCUT2D eigenvalue weighted by molar-refractivity contribution is 5.88. The first-order valence-corrected chi connectivity index (χ1v) is 8.36. The number of hydrogen-bond acceptors (Lipinski definition) is 3. The smallest absolute Gasteiger partial charge is 0.245 e. The molecule has 1 atom stereocenters. The Balaban J connectivity index is 1.97. The lowest BCUT2D eigenvalue weighted by molar-refractivity contribution is -0.148. The van der Waals surface area contributed by atoms with Crippen LogP contribution < -0.4 is 0 Å². The molecule has 120 valence electrons. The van der Waals surface area contributed by atoms with Gasteiger partial charge in [0.1, 0.15) is 6.04 Å². The van der Waals surface area contributed by atoms with Crippen molar-refractivity contribution in [1.82, 2.24) is 9.80 Å². The summed E-state index contributed by atoms with van der Waals surface area (Å²) in [5, 5.41) is 9.18. The monoisotopic (exact) mass is 296 g/mol. The Kier molecular flexibility index (Phi) is 6.03. The molecule has 2 aliphatic rings. The van der Waals surface area contributed by atoms with E-state index >= 15 is 0 Å². The van der Waals surface area contributed by atoms with E-state index in [-0.39, 0.29) is 24.5 Å². The van der Waals surface area contributed by atoms with Gasteiger partial charge in [-0.1, -0.05) is 6.92 Å². The number of amides is 2. The molecule has 21 heavy (non-hydrogen) atoms. The van der Waals surface area contributed by atoms with Crippen molar-refractivity contribution < 1.29 is 14.7 Å². The van der Waals surface area contributed by atoms with Crippen LogP contribution in [0.3, 0.4) is 0 Å². The Bertz CT molecular complexity index is 365. The molecule has 2 fully saturated rings. The van der Waals surface area contributed by atoms with E-state index in [1.165, 1.54) is 0 Å². The summed E-state index contributed by atoms with van der Waals surface area (Å²) in [6, 6.07) is -0.247. The van der Waals surface area contributed by atoms with Crippen LogP contribution in [-0.4, -0.2) is 59.0 Å². The quantitative estimate of drug-likeness (QED) is 0.853. The van der Waals surface area contributed by atoms with Gasteiger partial charge in [-0.2, -0.15) is 0 Å². The molecule has 2 heterocycles. The first-order chi connectivity index (χ1) is 10.2. The summed E-state index contributed by atoms with van der Waals surface area (Å²) in [6.07, 6.45) is 5.95. The number of carbonyl (C=O) groups is 2. The molecule has 2 amide bonds. The molecule has 2 rings (SSSR count). The molecule has 0 aromatic rings. The Hall–Kier alpha value is -1.10. The average molecular weight is 296 g/mol. The molecule has 5 heteroatoms. The van der Waals surface area contributed by atoms with Crippen molar-refractivity contribution in [3.05, 3.63) is 0 Å². The second-order valence-electron chi connectivity index (χ2n) is 6.30. The summed E-state index contributed by atoms with van der Waals surface area (Å²) in [6.45, 7) is 4.37. The Labute approximate surface area is 127 Å². The Morgan fingerprint density at radius 1 is 1.10 bits per heavy atom. The van der Waals surface area contributed by atoms with E-state index < -0.39 is 0 Å². The first kappa shape index (κ1) is 16.3. The van der Waals surface area contributed by atoms with Gasteiger partial charge >= 0.3 is 0 Å². The number of rotatable bonds is 4. The standard InChI is InChI=1S/C16H28N2O3/c1-2-5-15(20)18-9-4-3-6-14(18)16(21)17-10-7-13(12-19)8-11-17/h13-14,19H,2-12H2,1H3. The van der Waals surface area contributed by atoms with Gasteiger partial charge in [-0.3, -0.25) is 9.59 Å². The minimum Gasteiger partial charge on any atom is -0.396 e. The van der Waals surface area contributed by atoms with Gasteiger partial charge in [-0.15, -0.1) is 0 Å². The Morgan fingerprint density at radius 2 is 1.81 bits per heavy atom. The van der Waals surface area contributed by atoms with Gasteiger partial charge in [-0.05, 0) is 44.4 Å². The summed E-state index contributed by atoms with van der Waals surface area (Å²) in [7, 11) is 0. The number of nitrogens with zero attached hydrogens (tertiary/aromatic N) is 2. The van der Waals surface area contributed by atoms with Gasteiger partial charge in [0.2, 0.25) is 11.8 Å². The zero-order valence-electron chi connectivity index (χ0n) is 13.1. The molecule has 5 nitrogen and oxygen atoms in total. The van der Waals surface area contributed by atoms with Crippen LogP contribution in [0.4, 0.5) is 0 Å². The molecule has 0 radical (unpaired) electrons. The third-order valence-electron chi connectivity index (χ3n) is 4.76. The molecule has 0 aliphatic carbocycles. The van der Waals surface area contributed by atoms with Gasteiger partial charge in [0.15, 0.2) is 0 Å². The van der Waals surface area contributed by atoms with Gasteiger partial charge in [0.25, 0.3) is 0 Å². The van der Waals surface area contributed by atoms with E-state index in [0.717, 1.165) is 58.2 Å². The maximum atomic E-state index is 12.7. The third kappa shape index (κ3) is 3.96. The van der Waals surface area contributed by atoms with E-state index in [4.69, 9.17) is 0 Å². The third-order valence-corrected chi connectivity index (χ3v) is 4.76. The van der Waals surface area contributed by atoms with Gasteiger partial charge in [-0.25, -0.2) is 0 Å². The molecule has 2 saturated heterocycles. The summed E-state index contributed by atoms with van der Waals surface area (Å²) >= 11 is 0. The van der Waals surface area contributed by atoms with Crippen LogP contribution in [0.15, 0.2) is 0 Å². The zero-order chi connectivity index (χ0) is 15.2. The zero-order valence-corrected chi connectivity index (χ0v) is 13.1. The van der Waals surface area contributed by atoms with Crippen LogP contribution in [0.1, 0.15) is 51.9 Å². The summed E-state index contributed by atoms with van der Waals surface area (Å²) in [5.41, 5.74) is 0. The van der Waals surface area contributed by atoms with Crippen LogP contribution in [0.25, 0.3) is 0 Å². The second kappa shape index (κ2) is 7.78. The number of aliphatic hydroxyl groups excluding tert-OH is 1. The van der Waals surface area contributed by atoms with Crippen LogP contribution in [0.5, 0.6) is 0 Å². The summed E-state index contributed by atoms with van der Waals surface area (Å²) < 4.78 is 0. The lowest BCUT2D eigenvalue weighted by atomic mass is 9.95. The molecule has 0 saturated carbocycles. The van der Waals surface area contributed by atoms with Crippen molar-refractivity contribution in [2.24, 2.45) is 5.92 Å².